The number of aromatic nitrogens is 2. The van der Waals surface area contributed by atoms with Crippen molar-refractivity contribution in [3.8, 4) is 0 Å². The van der Waals surface area contributed by atoms with Crippen LogP contribution >= 0.6 is 0 Å². The first-order chi connectivity index (χ1) is 14.2. The highest BCUT2D eigenvalue weighted by atomic mass is 32.2. The number of fused-ring (bicyclic) bond motifs is 4. The lowest BCUT2D eigenvalue weighted by Crippen LogP contribution is -2.19. The lowest BCUT2D eigenvalue weighted by Gasteiger charge is -2.15. The van der Waals surface area contributed by atoms with E-state index in [1.165, 1.54) is 18.2 Å². The Morgan fingerprint density at radius 3 is 2.30 bits per heavy atom. The standard InChI is InChI=1S/C22H16N2O5S/c1-11-7-12(2)20-19(8-11)24(30(27,28)29)18-10-14-17(9-15(18)22(20)26)23-16-6-4-3-5-13(16)21(14)25/h3-10H,1-2H3,(H,23,25)(H,27,28,29). The van der Waals surface area contributed by atoms with Crippen molar-refractivity contribution in [2.75, 3.05) is 0 Å². The van der Waals surface area contributed by atoms with Crippen LogP contribution in [0.5, 0.6) is 0 Å². The summed E-state index contributed by atoms with van der Waals surface area (Å²) < 4.78 is 35.5. The van der Waals surface area contributed by atoms with E-state index < -0.39 is 10.3 Å². The van der Waals surface area contributed by atoms with Crippen LogP contribution in [0.3, 0.4) is 0 Å². The largest absolute Gasteiger partial charge is 0.364 e. The lowest BCUT2D eigenvalue weighted by molar-refractivity contribution is 0.476. The zero-order valence-corrected chi connectivity index (χ0v) is 16.9. The highest BCUT2D eigenvalue weighted by Gasteiger charge is 2.21. The van der Waals surface area contributed by atoms with Gasteiger partial charge in [0.15, 0.2) is 10.9 Å². The fourth-order valence-corrected chi connectivity index (χ4v) is 5.02. The van der Waals surface area contributed by atoms with Gasteiger partial charge in [-0.3, -0.25) is 14.1 Å². The average molecular weight is 420 g/mol. The van der Waals surface area contributed by atoms with E-state index in [2.05, 4.69) is 4.98 Å². The number of rotatable bonds is 1. The molecule has 8 heteroatoms. The maximum absolute atomic E-state index is 13.3. The zero-order chi connectivity index (χ0) is 21.4. The van der Waals surface area contributed by atoms with Crippen LogP contribution in [-0.2, 0) is 10.3 Å². The third-order valence-corrected chi connectivity index (χ3v) is 6.28. The van der Waals surface area contributed by atoms with Crippen molar-refractivity contribution in [1.82, 2.24) is 8.96 Å². The summed E-state index contributed by atoms with van der Waals surface area (Å²) in [6, 6.07) is 13.1. The zero-order valence-electron chi connectivity index (χ0n) is 16.1. The molecule has 0 aliphatic heterocycles. The SMILES string of the molecule is Cc1cc(C)c2c(=O)c3cc4[nH]c5ccccc5c(=O)c4cc3n(S(=O)(=O)O)c2c1. The first kappa shape index (κ1) is 18.5. The minimum atomic E-state index is -4.76. The number of nitrogens with zero attached hydrogens (tertiary/aromatic N) is 1. The summed E-state index contributed by atoms with van der Waals surface area (Å²) in [4.78, 5) is 29.5. The van der Waals surface area contributed by atoms with Crippen molar-refractivity contribution in [3.63, 3.8) is 0 Å². The molecule has 0 amide bonds. The Hall–Kier alpha value is -3.49. The molecular formula is C22H16N2O5S. The number of hydrogen-bond acceptors (Lipinski definition) is 4. The van der Waals surface area contributed by atoms with E-state index in [9.17, 15) is 22.6 Å². The van der Waals surface area contributed by atoms with Crippen LogP contribution in [0.25, 0.3) is 43.6 Å². The van der Waals surface area contributed by atoms with E-state index in [0.717, 1.165) is 9.54 Å². The molecule has 0 spiro atoms. The average Bonchev–Trinajstić information content (AvgIpc) is 2.66. The minimum absolute atomic E-state index is 0.0479. The number of hydrogen-bond donors (Lipinski definition) is 2. The van der Waals surface area contributed by atoms with Gasteiger partial charge >= 0.3 is 10.3 Å². The normalized spacial score (nSPS) is 12.4. The summed E-state index contributed by atoms with van der Waals surface area (Å²) in [5.74, 6) is 0. The molecule has 3 aromatic carbocycles. The van der Waals surface area contributed by atoms with Gasteiger partial charge in [0.25, 0.3) is 0 Å². The molecule has 7 nitrogen and oxygen atoms in total. The second kappa shape index (κ2) is 6.01. The summed E-state index contributed by atoms with van der Waals surface area (Å²) in [6.07, 6.45) is 0. The van der Waals surface area contributed by atoms with Gasteiger partial charge in [-0.1, -0.05) is 18.2 Å². The predicted octanol–water partition coefficient (Wildman–Crippen LogP) is 3.42. The molecule has 0 bridgehead atoms. The van der Waals surface area contributed by atoms with Crippen molar-refractivity contribution in [2.24, 2.45) is 0 Å². The van der Waals surface area contributed by atoms with Crippen molar-refractivity contribution >= 4 is 53.9 Å². The van der Waals surface area contributed by atoms with Crippen LogP contribution in [0, 0.1) is 13.8 Å². The maximum atomic E-state index is 13.3. The molecule has 0 unspecified atom stereocenters. The van der Waals surface area contributed by atoms with Crippen LogP contribution in [0.15, 0.2) is 58.1 Å². The van der Waals surface area contributed by atoms with Gasteiger partial charge in [0, 0.05) is 21.7 Å². The van der Waals surface area contributed by atoms with Crippen molar-refractivity contribution in [1.29, 1.82) is 0 Å². The highest BCUT2D eigenvalue weighted by Crippen LogP contribution is 2.27. The second-order valence-corrected chi connectivity index (χ2v) is 8.72. The van der Waals surface area contributed by atoms with Crippen LogP contribution in [-0.4, -0.2) is 21.9 Å². The van der Waals surface area contributed by atoms with Gasteiger partial charge < -0.3 is 4.98 Å². The van der Waals surface area contributed by atoms with Gasteiger partial charge in [0.1, 0.15) is 0 Å². The third-order valence-electron chi connectivity index (χ3n) is 5.42. The molecule has 0 radical (unpaired) electrons. The summed E-state index contributed by atoms with van der Waals surface area (Å²) in [6.45, 7) is 3.49. The van der Waals surface area contributed by atoms with Crippen LogP contribution < -0.4 is 10.9 Å². The van der Waals surface area contributed by atoms with Gasteiger partial charge in [0.05, 0.1) is 21.9 Å². The molecule has 2 N–H and O–H groups in total. The molecule has 2 heterocycles. The monoisotopic (exact) mass is 420 g/mol. The number of H-pyrrole nitrogens is 1. The topological polar surface area (TPSA) is 109 Å². The van der Waals surface area contributed by atoms with E-state index in [1.54, 1.807) is 44.2 Å². The fraction of sp³-hybridized carbons (Fsp3) is 0.0909. The van der Waals surface area contributed by atoms with Crippen molar-refractivity contribution in [3.05, 3.63) is 80.1 Å². The van der Waals surface area contributed by atoms with Crippen LogP contribution in [0.1, 0.15) is 11.1 Å². The van der Waals surface area contributed by atoms with Gasteiger partial charge in [-0.15, -0.1) is 0 Å². The lowest BCUT2D eigenvalue weighted by atomic mass is 10.0. The van der Waals surface area contributed by atoms with Gasteiger partial charge in [-0.25, -0.2) is 3.97 Å². The molecular weight excluding hydrogens is 404 g/mol. The number of pyridine rings is 2. The number of nitrogens with one attached hydrogen (secondary N) is 1. The number of aromatic amines is 1. The molecule has 0 aliphatic rings. The predicted molar refractivity (Wildman–Crippen MR) is 118 cm³/mol. The Morgan fingerprint density at radius 1 is 0.833 bits per heavy atom. The first-order valence-electron chi connectivity index (χ1n) is 9.19. The van der Waals surface area contributed by atoms with E-state index in [-0.39, 0.29) is 38.0 Å². The molecule has 0 fully saturated rings. The molecule has 0 saturated carbocycles. The summed E-state index contributed by atoms with van der Waals surface area (Å²) in [5.41, 5.74) is 1.72. The highest BCUT2D eigenvalue weighted by molar-refractivity contribution is 7.84. The molecule has 0 saturated heterocycles. The van der Waals surface area contributed by atoms with E-state index in [1.807, 2.05) is 0 Å². The van der Waals surface area contributed by atoms with E-state index in [0.29, 0.717) is 22.0 Å². The molecule has 0 aliphatic carbocycles. The second-order valence-electron chi connectivity index (χ2n) is 7.46. The van der Waals surface area contributed by atoms with Crippen LogP contribution in [0.4, 0.5) is 0 Å². The molecule has 150 valence electrons. The van der Waals surface area contributed by atoms with Gasteiger partial charge in [0.2, 0.25) is 0 Å². The Kier molecular flexibility index (Phi) is 3.71. The van der Waals surface area contributed by atoms with Gasteiger partial charge in [-0.2, -0.15) is 8.42 Å². The molecule has 2 aromatic heterocycles. The quantitative estimate of drug-likeness (QED) is 0.319. The number of aryl methyl sites for hydroxylation is 2. The molecule has 0 atom stereocenters. The molecule has 5 aromatic rings. The molecule has 30 heavy (non-hydrogen) atoms. The Balaban J connectivity index is 2.15. The van der Waals surface area contributed by atoms with E-state index in [4.69, 9.17) is 0 Å². The summed E-state index contributed by atoms with van der Waals surface area (Å²) in [7, 11) is -4.76. The Bertz CT molecular complexity index is 1780. The van der Waals surface area contributed by atoms with E-state index >= 15 is 0 Å². The summed E-state index contributed by atoms with van der Waals surface area (Å²) in [5, 5.41) is 0.957. The fourth-order valence-electron chi connectivity index (χ4n) is 4.22. The number of para-hydroxylation sites is 1. The minimum Gasteiger partial charge on any atom is -0.354 e. The Labute approximate surface area is 170 Å². The summed E-state index contributed by atoms with van der Waals surface area (Å²) >= 11 is 0. The van der Waals surface area contributed by atoms with Crippen molar-refractivity contribution in [2.45, 2.75) is 13.8 Å². The molecule has 5 rings (SSSR count). The Morgan fingerprint density at radius 2 is 1.57 bits per heavy atom. The third kappa shape index (κ3) is 2.51. The number of benzene rings is 3. The van der Waals surface area contributed by atoms with Crippen LogP contribution in [0.2, 0.25) is 0 Å². The maximum Gasteiger partial charge on any atom is 0.364 e. The van der Waals surface area contributed by atoms with Gasteiger partial charge in [-0.05, 0) is 55.3 Å². The van der Waals surface area contributed by atoms with Crippen molar-refractivity contribution < 1.29 is 13.0 Å². The smallest absolute Gasteiger partial charge is 0.354 e. The first-order valence-corrected chi connectivity index (χ1v) is 10.6.